The van der Waals surface area contributed by atoms with Crippen molar-refractivity contribution in [1.29, 1.82) is 0 Å². The molecule has 3 rings (SSSR count). The molecule has 0 radical (unpaired) electrons. The van der Waals surface area contributed by atoms with E-state index in [1.54, 1.807) is 11.1 Å². The van der Waals surface area contributed by atoms with E-state index in [1.165, 1.54) is 0 Å². The third kappa shape index (κ3) is 3.76. The van der Waals surface area contributed by atoms with Crippen molar-refractivity contribution >= 4 is 5.91 Å². The zero-order valence-corrected chi connectivity index (χ0v) is 14.6. The molecule has 0 aliphatic heterocycles. The van der Waals surface area contributed by atoms with E-state index < -0.39 is 0 Å². The number of rotatable bonds is 6. The van der Waals surface area contributed by atoms with Crippen LogP contribution >= 0.6 is 0 Å². The largest absolute Gasteiger partial charge is 0.337 e. The average Bonchev–Trinajstić information content (AvgIpc) is 3.30. The second kappa shape index (κ2) is 7.29. The molecule has 1 amide bonds. The highest BCUT2D eigenvalue weighted by Crippen LogP contribution is 2.19. The molecule has 0 fully saturated rings. The van der Waals surface area contributed by atoms with E-state index in [0.717, 1.165) is 11.3 Å². The first-order valence-corrected chi connectivity index (χ1v) is 8.30. The first kappa shape index (κ1) is 16.9. The summed E-state index contributed by atoms with van der Waals surface area (Å²) in [6, 6.07) is 9.34. The summed E-state index contributed by atoms with van der Waals surface area (Å²) in [5.74, 6) is 1.03. The summed E-state index contributed by atoms with van der Waals surface area (Å²) in [7, 11) is 0. The number of carbonyl (C=O) groups is 1. The van der Waals surface area contributed by atoms with Crippen molar-refractivity contribution in [3.8, 4) is 11.3 Å². The quantitative estimate of drug-likeness (QED) is 0.745. The first-order valence-electron chi connectivity index (χ1n) is 8.30. The Bertz CT molecular complexity index is 822. The fourth-order valence-electron chi connectivity index (χ4n) is 2.51. The predicted molar refractivity (Wildman–Crippen MR) is 92.7 cm³/mol. The number of amides is 1. The third-order valence-corrected chi connectivity index (χ3v) is 3.96. The van der Waals surface area contributed by atoms with Crippen LogP contribution in [0.25, 0.3) is 11.3 Å². The van der Waals surface area contributed by atoms with Crippen LogP contribution in [-0.4, -0.2) is 37.2 Å². The molecule has 0 saturated heterocycles. The number of H-pyrrole nitrogens is 1. The molecule has 25 heavy (non-hydrogen) atoms. The second-order valence-electron chi connectivity index (χ2n) is 6.03. The highest BCUT2D eigenvalue weighted by atomic mass is 16.5. The van der Waals surface area contributed by atoms with Gasteiger partial charge in [-0.05, 0) is 37.6 Å². The zero-order chi connectivity index (χ0) is 17.8. The third-order valence-electron chi connectivity index (χ3n) is 3.96. The molecule has 0 saturated carbocycles. The Balaban J connectivity index is 1.78. The predicted octanol–water partition coefficient (Wildman–Crippen LogP) is 3.07. The van der Waals surface area contributed by atoms with E-state index in [-0.39, 0.29) is 11.9 Å². The summed E-state index contributed by atoms with van der Waals surface area (Å²) < 4.78 is 5.22. The summed E-state index contributed by atoms with van der Waals surface area (Å²) in [6.45, 7) is 6.19. The van der Waals surface area contributed by atoms with Crippen LogP contribution in [0.5, 0.6) is 0 Å². The molecule has 2 aromatic heterocycles. The molecule has 0 aliphatic carbocycles. The molecule has 7 nitrogen and oxygen atoms in total. The molecule has 0 unspecified atom stereocenters. The lowest BCUT2D eigenvalue weighted by atomic mass is 10.1. The van der Waals surface area contributed by atoms with E-state index in [0.29, 0.717) is 30.2 Å². The molecule has 0 bridgehead atoms. The topological polar surface area (TPSA) is 87.9 Å². The molecule has 1 aromatic carbocycles. The van der Waals surface area contributed by atoms with Crippen LogP contribution in [0.1, 0.15) is 42.8 Å². The van der Waals surface area contributed by atoms with Gasteiger partial charge in [0.1, 0.15) is 6.54 Å². The van der Waals surface area contributed by atoms with Crippen molar-refractivity contribution in [2.24, 2.45) is 0 Å². The molecule has 3 aromatic rings. The Morgan fingerprint density at radius 2 is 2.00 bits per heavy atom. The number of nitrogens with zero attached hydrogens (tertiary/aromatic N) is 4. The number of hydrogen-bond donors (Lipinski definition) is 1. The Morgan fingerprint density at radius 3 is 2.56 bits per heavy atom. The number of hydrogen-bond acceptors (Lipinski definition) is 5. The van der Waals surface area contributed by atoms with Gasteiger partial charge in [0.15, 0.2) is 5.82 Å². The number of aromatic amines is 1. The SMILES string of the molecule is CCc1noc(CN(C(=O)c2ccc(-c3ccn[nH]3)cc2)C(C)C)n1. The number of benzene rings is 1. The number of carbonyl (C=O) groups excluding carboxylic acids is 1. The normalized spacial score (nSPS) is 11.0. The minimum atomic E-state index is -0.0672. The zero-order valence-electron chi connectivity index (χ0n) is 14.6. The van der Waals surface area contributed by atoms with E-state index in [1.807, 2.05) is 51.1 Å². The average molecular weight is 339 g/mol. The van der Waals surface area contributed by atoms with Crippen LogP contribution in [0.3, 0.4) is 0 Å². The fraction of sp³-hybridized carbons (Fsp3) is 0.333. The molecule has 130 valence electrons. The second-order valence-corrected chi connectivity index (χ2v) is 6.03. The van der Waals surface area contributed by atoms with Crippen molar-refractivity contribution in [2.45, 2.75) is 39.8 Å². The van der Waals surface area contributed by atoms with Crippen molar-refractivity contribution < 1.29 is 9.32 Å². The molecule has 0 spiro atoms. The highest BCUT2D eigenvalue weighted by molar-refractivity contribution is 5.94. The van der Waals surface area contributed by atoms with Crippen LogP contribution in [-0.2, 0) is 13.0 Å². The lowest BCUT2D eigenvalue weighted by Gasteiger charge is -2.25. The van der Waals surface area contributed by atoms with Crippen LogP contribution in [0, 0.1) is 0 Å². The molecule has 1 N–H and O–H groups in total. The standard InChI is InChI=1S/C18H21N5O2/c1-4-16-20-17(25-22-16)11-23(12(2)3)18(24)14-7-5-13(6-8-14)15-9-10-19-21-15/h5-10,12H,4,11H2,1-3H3,(H,19,21). The van der Waals surface area contributed by atoms with E-state index >= 15 is 0 Å². The van der Waals surface area contributed by atoms with Gasteiger partial charge in [-0.1, -0.05) is 24.2 Å². The van der Waals surface area contributed by atoms with Gasteiger partial charge in [-0.3, -0.25) is 9.89 Å². The Kier molecular flexibility index (Phi) is 4.92. The molecule has 2 heterocycles. The molecule has 0 aliphatic rings. The Hall–Kier alpha value is -2.96. The molecule has 0 atom stereocenters. The van der Waals surface area contributed by atoms with Crippen molar-refractivity contribution in [1.82, 2.24) is 25.2 Å². The molecular formula is C18H21N5O2. The summed E-state index contributed by atoms with van der Waals surface area (Å²) in [5.41, 5.74) is 2.51. The van der Waals surface area contributed by atoms with Gasteiger partial charge in [-0.15, -0.1) is 0 Å². The highest BCUT2D eigenvalue weighted by Gasteiger charge is 2.21. The van der Waals surface area contributed by atoms with Gasteiger partial charge in [0.05, 0.1) is 5.69 Å². The lowest BCUT2D eigenvalue weighted by molar-refractivity contribution is 0.0667. The van der Waals surface area contributed by atoms with E-state index in [2.05, 4.69) is 20.3 Å². The maximum atomic E-state index is 12.9. The van der Waals surface area contributed by atoms with Crippen LogP contribution in [0.15, 0.2) is 41.1 Å². The van der Waals surface area contributed by atoms with E-state index in [9.17, 15) is 4.79 Å². The van der Waals surface area contributed by atoms with Crippen molar-refractivity contribution in [3.63, 3.8) is 0 Å². The van der Waals surface area contributed by atoms with Crippen molar-refractivity contribution in [3.05, 3.63) is 53.8 Å². The van der Waals surface area contributed by atoms with Crippen molar-refractivity contribution in [2.75, 3.05) is 0 Å². The van der Waals surface area contributed by atoms with E-state index in [4.69, 9.17) is 4.52 Å². The number of aromatic nitrogens is 4. The van der Waals surface area contributed by atoms with Gasteiger partial charge < -0.3 is 9.42 Å². The van der Waals surface area contributed by atoms with Gasteiger partial charge in [0.25, 0.3) is 5.91 Å². The van der Waals surface area contributed by atoms with Gasteiger partial charge in [-0.25, -0.2) is 0 Å². The van der Waals surface area contributed by atoms with Crippen LogP contribution in [0.2, 0.25) is 0 Å². The Labute approximate surface area is 146 Å². The summed E-state index contributed by atoms with van der Waals surface area (Å²) in [5, 5.41) is 10.7. The Morgan fingerprint density at radius 1 is 1.24 bits per heavy atom. The fourth-order valence-corrected chi connectivity index (χ4v) is 2.51. The lowest BCUT2D eigenvalue weighted by Crippen LogP contribution is -2.36. The van der Waals surface area contributed by atoms with Crippen LogP contribution < -0.4 is 0 Å². The van der Waals surface area contributed by atoms with Gasteiger partial charge in [0.2, 0.25) is 5.89 Å². The first-order chi connectivity index (χ1) is 12.1. The summed E-state index contributed by atoms with van der Waals surface area (Å²) in [4.78, 5) is 18.9. The summed E-state index contributed by atoms with van der Waals surface area (Å²) in [6.07, 6.45) is 2.40. The maximum absolute atomic E-state index is 12.9. The smallest absolute Gasteiger partial charge is 0.254 e. The minimum absolute atomic E-state index is 0.0109. The van der Waals surface area contributed by atoms with Gasteiger partial charge >= 0.3 is 0 Å². The van der Waals surface area contributed by atoms with Gasteiger partial charge in [-0.2, -0.15) is 10.1 Å². The molecular weight excluding hydrogens is 318 g/mol. The number of nitrogens with one attached hydrogen (secondary N) is 1. The van der Waals surface area contributed by atoms with Crippen LogP contribution in [0.4, 0.5) is 0 Å². The molecule has 7 heteroatoms. The minimum Gasteiger partial charge on any atom is -0.337 e. The van der Waals surface area contributed by atoms with Gasteiger partial charge in [0, 0.05) is 24.2 Å². The monoisotopic (exact) mass is 339 g/mol. The maximum Gasteiger partial charge on any atom is 0.254 e. The number of aryl methyl sites for hydroxylation is 1. The summed E-state index contributed by atoms with van der Waals surface area (Å²) >= 11 is 0.